The van der Waals surface area contributed by atoms with E-state index < -0.39 is 0 Å². The number of hydrogen-bond donors (Lipinski definition) is 2. The molecule has 6 nitrogen and oxygen atoms in total. The Hall–Kier alpha value is -1.56. The largest absolute Gasteiger partial charge is 0.476 e. The molecule has 112 valence electrons. The van der Waals surface area contributed by atoms with E-state index in [2.05, 4.69) is 34.0 Å². The van der Waals surface area contributed by atoms with Gasteiger partial charge in [0.15, 0.2) is 5.82 Å². The summed E-state index contributed by atoms with van der Waals surface area (Å²) in [7, 11) is 0. The fourth-order valence-electron chi connectivity index (χ4n) is 2.59. The molecule has 0 spiro atoms. The number of likely N-dealkylation sites (N-methyl/N-ethyl adjacent to an activating group) is 1. The van der Waals surface area contributed by atoms with Gasteiger partial charge in [-0.3, -0.25) is 4.90 Å². The fraction of sp³-hybridized carbons (Fsp3) is 0.714. The summed E-state index contributed by atoms with van der Waals surface area (Å²) < 4.78 is 5.51. The smallest absolute Gasteiger partial charge is 0.242 e. The van der Waals surface area contributed by atoms with E-state index in [1.807, 2.05) is 0 Å². The number of nitrogens with zero attached hydrogens (tertiary/aromatic N) is 3. The molecule has 1 aliphatic heterocycles. The van der Waals surface area contributed by atoms with E-state index in [1.54, 1.807) is 0 Å². The first-order valence-corrected chi connectivity index (χ1v) is 7.47. The summed E-state index contributed by atoms with van der Waals surface area (Å²) in [4.78, 5) is 10.8. The standard InChI is InChI=1S/C14H25N5O/c1-3-8-20-14-12(15)13(17-10-18-14)16-9-11-6-5-7-19(11)4-2/h10-11H,3-9,15H2,1-2H3,(H,16,17,18). The minimum Gasteiger partial charge on any atom is -0.476 e. The molecule has 2 heterocycles. The van der Waals surface area contributed by atoms with E-state index in [9.17, 15) is 0 Å². The molecule has 6 heteroatoms. The Morgan fingerprint density at radius 3 is 3.05 bits per heavy atom. The maximum Gasteiger partial charge on any atom is 0.242 e. The van der Waals surface area contributed by atoms with Crippen LogP contribution < -0.4 is 15.8 Å². The van der Waals surface area contributed by atoms with Crippen molar-refractivity contribution in [2.75, 3.05) is 37.3 Å². The van der Waals surface area contributed by atoms with Crippen molar-refractivity contribution in [1.82, 2.24) is 14.9 Å². The van der Waals surface area contributed by atoms with Crippen molar-refractivity contribution in [2.24, 2.45) is 0 Å². The first-order valence-electron chi connectivity index (χ1n) is 7.47. The number of ether oxygens (including phenoxy) is 1. The van der Waals surface area contributed by atoms with Crippen LogP contribution in [0.15, 0.2) is 6.33 Å². The molecule has 1 aliphatic rings. The predicted octanol–water partition coefficient (Wildman–Crippen LogP) is 1.74. The molecule has 0 aliphatic carbocycles. The van der Waals surface area contributed by atoms with Gasteiger partial charge in [0.2, 0.25) is 5.88 Å². The van der Waals surface area contributed by atoms with E-state index in [0.29, 0.717) is 30.0 Å². The number of rotatable bonds is 7. The molecular formula is C14H25N5O. The highest BCUT2D eigenvalue weighted by Gasteiger charge is 2.23. The van der Waals surface area contributed by atoms with Crippen LogP contribution in [0.2, 0.25) is 0 Å². The van der Waals surface area contributed by atoms with Gasteiger partial charge in [0.25, 0.3) is 0 Å². The van der Waals surface area contributed by atoms with Crippen LogP contribution in [-0.4, -0.2) is 47.2 Å². The van der Waals surface area contributed by atoms with Crippen molar-refractivity contribution in [2.45, 2.75) is 39.2 Å². The minimum absolute atomic E-state index is 0.475. The van der Waals surface area contributed by atoms with E-state index in [4.69, 9.17) is 10.5 Å². The lowest BCUT2D eigenvalue weighted by molar-refractivity contribution is 0.277. The van der Waals surface area contributed by atoms with Gasteiger partial charge in [-0.15, -0.1) is 0 Å². The second kappa shape index (κ2) is 7.28. The Morgan fingerprint density at radius 1 is 1.45 bits per heavy atom. The minimum atomic E-state index is 0.475. The number of aromatic nitrogens is 2. The SMILES string of the molecule is CCCOc1ncnc(NCC2CCCN2CC)c1N. The van der Waals surface area contributed by atoms with Gasteiger partial charge in [-0.05, 0) is 32.4 Å². The molecule has 2 rings (SSSR count). The van der Waals surface area contributed by atoms with Crippen LogP contribution in [0.5, 0.6) is 5.88 Å². The molecule has 0 amide bonds. The number of nitrogens with two attached hydrogens (primary N) is 1. The van der Waals surface area contributed by atoms with Crippen LogP contribution in [0.1, 0.15) is 33.1 Å². The molecule has 3 N–H and O–H groups in total. The molecule has 0 bridgehead atoms. The second-order valence-corrected chi connectivity index (χ2v) is 5.10. The second-order valence-electron chi connectivity index (χ2n) is 5.10. The van der Waals surface area contributed by atoms with Crippen LogP contribution in [0, 0.1) is 0 Å². The summed E-state index contributed by atoms with van der Waals surface area (Å²) >= 11 is 0. The normalized spacial score (nSPS) is 19.2. The maximum absolute atomic E-state index is 6.05. The highest BCUT2D eigenvalue weighted by Crippen LogP contribution is 2.25. The van der Waals surface area contributed by atoms with E-state index in [0.717, 1.165) is 19.5 Å². The van der Waals surface area contributed by atoms with Crippen molar-refractivity contribution in [1.29, 1.82) is 0 Å². The van der Waals surface area contributed by atoms with Crippen LogP contribution in [0.4, 0.5) is 11.5 Å². The number of nitrogen functional groups attached to an aromatic ring is 1. The van der Waals surface area contributed by atoms with E-state index in [1.165, 1.54) is 25.7 Å². The van der Waals surface area contributed by atoms with Crippen molar-refractivity contribution in [3.63, 3.8) is 0 Å². The molecule has 1 saturated heterocycles. The lowest BCUT2D eigenvalue weighted by atomic mass is 10.2. The summed E-state index contributed by atoms with van der Waals surface area (Å²) in [5.74, 6) is 1.15. The van der Waals surface area contributed by atoms with Gasteiger partial charge in [-0.1, -0.05) is 13.8 Å². The van der Waals surface area contributed by atoms with E-state index in [-0.39, 0.29) is 0 Å². The first kappa shape index (κ1) is 14.8. The molecule has 1 fully saturated rings. The van der Waals surface area contributed by atoms with Crippen molar-refractivity contribution in [3.8, 4) is 5.88 Å². The number of nitrogens with one attached hydrogen (secondary N) is 1. The van der Waals surface area contributed by atoms with Crippen LogP contribution >= 0.6 is 0 Å². The molecule has 0 saturated carbocycles. The average Bonchev–Trinajstić information content (AvgIpc) is 2.92. The highest BCUT2D eigenvalue weighted by atomic mass is 16.5. The van der Waals surface area contributed by atoms with Gasteiger partial charge in [0.05, 0.1) is 6.61 Å². The predicted molar refractivity (Wildman–Crippen MR) is 81.0 cm³/mol. The number of anilines is 2. The summed E-state index contributed by atoms with van der Waals surface area (Å²) in [5.41, 5.74) is 6.55. The molecule has 0 aromatic carbocycles. The molecule has 1 aromatic heterocycles. The third-order valence-electron chi connectivity index (χ3n) is 3.70. The maximum atomic E-state index is 6.05. The first-order chi connectivity index (χ1) is 9.76. The lowest BCUT2D eigenvalue weighted by Crippen LogP contribution is -2.34. The molecule has 1 unspecified atom stereocenters. The number of hydrogen-bond acceptors (Lipinski definition) is 6. The quantitative estimate of drug-likeness (QED) is 0.792. The fourth-order valence-corrected chi connectivity index (χ4v) is 2.59. The van der Waals surface area contributed by atoms with Crippen LogP contribution in [0.25, 0.3) is 0 Å². The van der Waals surface area contributed by atoms with Crippen LogP contribution in [0.3, 0.4) is 0 Å². The third-order valence-corrected chi connectivity index (χ3v) is 3.70. The Bertz CT molecular complexity index is 426. The monoisotopic (exact) mass is 279 g/mol. The van der Waals surface area contributed by atoms with Crippen molar-refractivity contribution < 1.29 is 4.74 Å². The molecular weight excluding hydrogens is 254 g/mol. The van der Waals surface area contributed by atoms with Gasteiger partial charge in [-0.25, -0.2) is 4.98 Å². The van der Waals surface area contributed by atoms with Gasteiger partial charge in [0, 0.05) is 12.6 Å². The zero-order valence-corrected chi connectivity index (χ0v) is 12.4. The third kappa shape index (κ3) is 3.50. The van der Waals surface area contributed by atoms with Crippen molar-refractivity contribution >= 4 is 11.5 Å². The number of likely N-dealkylation sites (tertiary alicyclic amines) is 1. The molecule has 1 aromatic rings. The Morgan fingerprint density at radius 2 is 2.30 bits per heavy atom. The van der Waals surface area contributed by atoms with Gasteiger partial charge < -0.3 is 15.8 Å². The van der Waals surface area contributed by atoms with Crippen LogP contribution in [-0.2, 0) is 0 Å². The zero-order valence-electron chi connectivity index (χ0n) is 12.4. The zero-order chi connectivity index (χ0) is 14.4. The Balaban J connectivity index is 1.95. The molecule has 0 radical (unpaired) electrons. The Kier molecular flexibility index (Phi) is 5.40. The summed E-state index contributed by atoms with van der Waals surface area (Å²) in [5, 5.41) is 3.34. The average molecular weight is 279 g/mol. The summed E-state index contributed by atoms with van der Waals surface area (Å²) in [6.45, 7) is 8.02. The van der Waals surface area contributed by atoms with Gasteiger partial charge in [0.1, 0.15) is 12.0 Å². The topological polar surface area (TPSA) is 76.3 Å². The highest BCUT2D eigenvalue weighted by molar-refractivity contribution is 5.66. The van der Waals surface area contributed by atoms with Crippen molar-refractivity contribution in [3.05, 3.63) is 6.33 Å². The summed E-state index contributed by atoms with van der Waals surface area (Å²) in [6, 6.07) is 0.564. The summed E-state index contributed by atoms with van der Waals surface area (Å²) in [6.07, 6.45) is 4.92. The van der Waals surface area contributed by atoms with E-state index >= 15 is 0 Å². The Labute approximate surface area is 120 Å². The van der Waals surface area contributed by atoms with Gasteiger partial charge >= 0.3 is 0 Å². The van der Waals surface area contributed by atoms with Gasteiger partial charge in [-0.2, -0.15) is 4.98 Å². The molecule has 1 atom stereocenters. The molecule has 20 heavy (non-hydrogen) atoms. The lowest BCUT2D eigenvalue weighted by Gasteiger charge is -2.23.